The van der Waals surface area contributed by atoms with E-state index in [1.807, 2.05) is 36.4 Å². The molecule has 1 N–H and O–H groups in total. The Kier molecular flexibility index (Phi) is 7.23. The van der Waals surface area contributed by atoms with Crippen molar-refractivity contribution in [1.29, 1.82) is 0 Å². The summed E-state index contributed by atoms with van der Waals surface area (Å²) in [5.74, 6) is 0.519. The minimum absolute atomic E-state index is 0.124. The number of amides is 1. The first-order valence-corrected chi connectivity index (χ1v) is 12.8. The molecule has 0 bridgehead atoms. The zero-order chi connectivity index (χ0) is 25.1. The van der Waals surface area contributed by atoms with Crippen LogP contribution >= 0.6 is 35.0 Å². The molecule has 0 aliphatic carbocycles. The first kappa shape index (κ1) is 24.3. The second-order valence-corrected chi connectivity index (χ2v) is 9.78. The Morgan fingerprint density at radius 3 is 2.50 bits per heavy atom. The second-order valence-electron chi connectivity index (χ2n) is 7.99. The van der Waals surface area contributed by atoms with Crippen LogP contribution in [0.1, 0.15) is 21.7 Å². The molecular weight excluding hydrogens is 518 g/mol. The van der Waals surface area contributed by atoms with Gasteiger partial charge in [0.15, 0.2) is 11.0 Å². The van der Waals surface area contributed by atoms with Gasteiger partial charge in [0, 0.05) is 16.3 Å². The fraction of sp³-hybridized carbons (Fsp3) is 0.0741. The number of halogens is 3. The van der Waals surface area contributed by atoms with E-state index in [2.05, 4.69) is 15.5 Å². The Balaban J connectivity index is 1.41. The van der Waals surface area contributed by atoms with Crippen LogP contribution in [0.3, 0.4) is 0 Å². The van der Waals surface area contributed by atoms with Crippen molar-refractivity contribution in [3.8, 4) is 5.69 Å². The fourth-order valence-electron chi connectivity index (χ4n) is 3.73. The predicted octanol–water partition coefficient (Wildman–Crippen LogP) is 7.09. The SMILES string of the molecule is O=C(NCc1nnc(SCc2ccc(F)cc2)n1-c1cc(Cl)ccc1Cl)c1ccc2ccccc2c1. The maximum Gasteiger partial charge on any atom is 0.251 e. The number of fused-ring (bicyclic) bond motifs is 1. The number of carbonyl (C=O) groups excluding carboxylic acids is 1. The first-order valence-electron chi connectivity index (χ1n) is 11.0. The van der Waals surface area contributed by atoms with Gasteiger partial charge in [-0.1, -0.05) is 77.4 Å². The van der Waals surface area contributed by atoms with Crippen LogP contribution in [0.4, 0.5) is 4.39 Å². The van der Waals surface area contributed by atoms with Crippen LogP contribution in [-0.2, 0) is 12.3 Å². The maximum absolute atomic E-state index is 13.3. The summed E-state index contributed by atoms with van der Waals surface area (Å²) >= 11 is 14.2. The molecule has 5 nitrogen and oxygen atoms in total. The third kappa shape index (κ3) is 5.38. The molecule has 0 fully saturated rings. The van der Waals surface area contributed by atoms with Crippen molar-refractivity contribution in [3.05, 3.63) is 118 Å². The number of carbonyl (C=O) groups is 1. The molecule has 1 heterocycles. The fourth-order valence-corrected chi connectivity index (χ4v) is 5.02. The lowest BCUT2D eigenvalue weighted by molar-refractivity contribution is 0.0950. The zero-order valence-corrected chi connectivity index (χ0v) is 21.1. The van der Waals surface area contributed by atoms with Gasteiger partial charge < -0.3 is 5.32 Å². The molecule has 0 saturated carbocycles. The molecule has 0 atom stereocenters. The van der Waals surface area contributed by atoms with Crippen molar-refractivity contribution in [1.82, 2.24) is 20.1 Å². The summed E-state index contributed by atoms with van der Waals surface area (Å²) in [4.78, 5) is 12.9. The Bertz CT molecular complexity index is 1560. The van der Waals surface area contributed by atoms with E-state index in [4.69, 9.17) is 23.2 Å². The second kappa shape index (κ2) is 10.7. The van der Waals surface area contributed by atoms with E-state index in [9.17, 15) is 9.18 Å². The smallest absolute Gasteiger partial charge is 0.251 e. The van der Waals surface area contributed by atoms with Gasteiger partial charge in [0.25, 0.3) is 5.91 Å². The summed E-state index contributed by atoms with van der Waals surface area (Å²) in [6.45, 7) is 0.124. The standard InChI is InChI=1S/C27H19Cl2FN4OS/c28-21-9-12-23(29)24(14-21)34-25(32-33-27(34)36-16-17-5-10-22(30)11-6-17)15-31-26(35)20-8-7-18-3-1-2-4-19(18)13-20/h1-14H,15-16H2,(H,31,35). The van der Waals surface area contributed by atoms with E-state index in [0.717, 1.165) is 16.3 Å². The van der Waals surface area contributed by atoms with E-state index < -0.39 is 0 Å². The molecule has 5 aromatic rings. The molecule has 5 rings (SSSR count). The Morgan fingerprint density at radius 1 is 0.917 bits per heavy atom. The van der Waals surface area contributed by atoms with Crippen molar-refractivity contribution >= 4 is 51.6 Å². The lowest BCUT2D eigenvalue weighted by atomic mass is 10.1. The van der Waals surface area contributed by atoms with Gasteiger partial charge in [0.2, 0.25) is 0 Å². The van der Waals surface area contributed by atoms with Crippen molar-refractivity contribution in [3.63, 3.8) is 0 Å². The molecule has 180 valence electrons. The zero-order valence-electron chi connectivity index (χ0n) is 18.8. The molecule has 9 heteroatoms. The molecule has 0 saturated heterocycles. The number of nitrogens with one attached hydrogen (secondary N) is 1. The number of hydrogen-bond acceptors (Lipinski definition) is 4. The predicted molar refractivity (Wildman–Crippen MR) is 142 cm³/mol. The van der Waals surface area contributed by atoms with Gasteiger partial charge in [0.1, 0.15) is 5.82 Å². The average Bonchev–Trinajstić information content (AvgIpc) is 3.30. The molecule has 0 aliphatic rings. The maximum atomic E-state index is 13.3. The van der Waals surface area contributed by atoms with Gasteiger partial charge in [0.05, 0.1) is 17.3 Å². The summed E-state index contributed by atoms with van der Waals surface area (Å²) in [6.07, 6.45) is 0. The van der Waals surface area contributed by atoms with E-state index in [0.29, 0.717) is 38.0 Å². The molecule has 36 heavy (non-hydrogen) atoms. The van der Waals surface area contributed by atoms with E-state index >= 15 is 0 Å². The summed E-state index contributed by atoms with van der Waals surface area (Å²) in [7, 11) is 0. The number of hydrogen-bond donors (Lipinski definition) is 1. The molecule has 1 amide bonds. The van der Waals surface area contributed by atoms with Gasteiger partial charge in [-0.15, -0.1) is 10.2 Å². The molecule has 0 spiro atoms. The van der Waals surface area contributed by atoms with Crippen LogP contribution in [0.25, 0.3) is 16.5 Å². The van der Waals surface area contributed by atoms with Gasteiger partial charge in [-0.25, -0.2) is 4.39 Å². The van der Waals surface area contributed by atoms with Gasteiger partial charge >= 0.3 is 0 Å². The van der Waals surface area contributed by atoms with Crippen LogP contribution < -0.4 is 5.32 Å². The van der Waals surface area contributed by atoms with E-state index in [-0.39, 0.29) is 18.3 Å². The first-order chi connectivity index (χ1) is 17.5. The highest BCUT2D eigenvalue weighted by molar-refractivity contribution is 7.98. The third-order valence-electron chi connectivity index (χ3n) is 5.55. The lowest BCUT2D eigenvalue weighted by Gasteiger charge is -2.13. The number of thioether (sulfide) groups is 1. The molecule has 0 unspecified atom stereocenters. The van der Waals surface area contributed by atoms with E-state index in [1.54, 1.807) is 41.0 Å². The van der Waals surface area contributed by atoms with Crippen LogP contribution in [0, 0.1) is 5.82 Å². The number of benzene rings is 4. The lowest BCUT2D eigenvalue weighted by Crippen LogP contribution is -2.24. The van der Waals surface area contributed by atoms with Crippen LogP contribution in [0.15, 0.2) is 90.1 Å². The monoisotopic (exact) mass is 536 g/mol. The average molecular weight is 537 g/mol. The number of nitrogens with zero attached hydrogens (tertiary/aromatic N) is 3. The quantitative estimate of drug-likeness (QED) is 0.225. The summed E-state index contributed by atoms with van der Waals surface area (Å²) < 4.78 is 15.1. The van der Waals surface area contributed by atoms with Gasteiger partial charge in [-0.3, -0.25) is 9.36 Å². The normalized spacial score (nSPS) is 11.1. The number of aromatic nitrogens is 3. The van der Waals surface area contributed by atoms with Crippen LogP contribution in [0.2, 0.25) is 10.0 Å². The largest absolute Gasteiger partial charge is 0.345 e. The Hall–Kier alpha value is -3.39. The molecule has 0 radical (unpaired) electrons. The highest BCUT2D eigenvalue weighted by Gasteiger charge is 2.18. The Morgan fingerprint density at radius 2 is 1.69 bits per heavy atom. The highest BCUT2D eigenvalue weighted by atomic mass is 35.5. The third-order valence-corrected chi connectivity index (χ3v) is 7.10. The molecule has 0 aliphatic heterocycles. The van der Waals surface area contributed by atoms with Crippen LogP contribution in [-0.4, -0.2) is 20.7 Å². The summed E-state index contributed by atoms with van der Waals surface area (Å²) in [5, 5.41) is 15.2. The van der Waals surface area contributed by atoms with Crippen molar-refractivity contribution in [2.75, 3.05) is 0 Å². The summed E-state index contributed by atoms with van der Waals surface area (Å²) in [6, 6.07) is 24.8. The molecule has 1 aromatic heterocycles. The van der Waals surface area contributed by atoms with Crippen molar-refractivity contribution in [2.24, 2.45) is 0 Å². The van der Waals surface area contributed by atoms with Gasteiger partial charge in [-0.05, 0) is 58.8 Å². The molecule has 4 aromatic carbocycles. The number of rotatable bonds is 7. The van der Waals surface area contributed by atoms with Gasteiger partial charge in [-0.2, -0.15) is 0 Å². The van der Waals surface area contributed by atoms with Crippen molar-refractivity contribution < 1.29 is 9.18 Å². The van der Waals surface area contributed by atoms with Crippen LogP contribution in [0.5, 0.6) is 0 Å². The molecular formula is C27H19Cl2FN4OS. The van der Waals surface area contributed by atoms with Crippen molar-refractivity contribution in [2.45, 2.75) is 17.5 Å². The van der Waals surface area contributed by atoms with E-state index in [1.165, 1.54) is 23.9 Å². The minimum atomic E-state index is -0.290. The Labute approximate surface area is 221 Å². The topological polar surface area (TPSA) is 59.8 Å². The highest BCUT2D eigenvalue weighted by Crippen LogP contribution is 2.31. The minimum Gasteiger partial charge on any atom is -0.345 e. The summed E-state index contributed by atoms with van der Waals surface area (Å²) in [5.41, 5.74) is 2.08.